The van der Waals surface area contributed by atoms with Crippen molar-refractivity contribution in [1.29, 1.82) is 0 Å². The minimum absolute atomic E-state index is 0.164. The fraction of sp³-hybridized carbons (Fsp3) is 0.667. The Morgan fingerprint density at radius 1 is 1.16 bits per heavy atom. The highest BCUT2D eigenvalue weighted by Gasteiger charge is 2.40. The van der Waals surface area contributed by atoms with Gasteiger partial charge in [0.1, 0.15) is 14.2 Å². The minimum Gasteiger partial charge on any atom is -0.481 e. The van der Waals surface area contributed by atoms with E-state index in [4.69, 9.17) is 14.6 Å². The number of carbonyl (C=O) groups excluding carboxylic acids is 1. The molecule has 1 aliphatic rings. The molecule has 6 nitrogen and oxygen atoms in total. The van der Waals surface area contributed by atoms with Crippen molar-refractivity contribution in [3.63, 3.8) is 0 Å². The van der Waals surface area contributed by atoms with Crippen LogP contribution in [0, 0.1) is 23.3 Å². The van der Waals surface area contributed by atoms with Gasteiger partial charge in [-0.3, -0.25) is 4.79 Å². The molecule has 1 rings (SSSR count). The van der Waals surface area contributed by atoms with Gasteiger partial charge in [-0.1, -0.05) is 38.4 Å². The lowest BCUT2D eigenvalue weighted by Crippen LogP contribution is -2.34. The second-order valence-electron chi connectivity index (χ2n) is 7.05. The first kappa shape index (κ1) is 21.1. The van der Waals surface area contributed by atoms with Crippen molar-refractivity contribution in [2.45, 2.75) is 76.5 Å². The largest absolute Gasteiger partial charge is 0.509 e. The fourth-order valence-corrected chi connectivity index (χ4v) is 2.72. The number of cyclic esters (lactones) is 2. The van der Waals surface area contributed by atoms with Crippen LogP contribution < -0.4 is 0 Å². The average Bonchev–Trinajstić information content (AvgIpc) is 2.87. The summed E-state index contributed by atoms with van der Waals surface area (Å²) >= 11 is 0. The van der Waals surface area contributed by atoms with Crippen LogP contribution in [0.1, 0.15) is 38.5 Å². The number of hydrogen-bond acceptors (Lipinski definition) is 5. The Labute approximate surface area is 149 Å². The molecule has 0 aliphatic carbocycles. The van der Waals surface area contributed by atoms with E-state index in [1.807, 2.05) is 0 Å². The molecule has 0 unspecified atom stereocenters. The number of aliphatic hydroxyl groups excluding tert-OH is 1. The molecule has 0 bridgehead atoms. The van der Waals surface area contributed by atoms with E-state index in [1.165, 1.54) is 0 Å². The normalized spacial score (nSPS) is 20.4. The van der Waals surface area contributed by atoms with Gasteiger partial charge >= 0.3 is 12.1 Å². The van der Waals surface area contributed by atoms with Crippen LogP contribution >= 0.6 is 0 Å². The Bertz CT molecular complexity index is 587. The molecule has 3 atom stereocenters. The summed E-state index contributed by atoms with van der Waals surface area (Å²) in [6.07, 6.45) is 0.434. The van der Waals surface area contributed by atoms with Crippen molar-refractivity contribution in [3.8, 4) is 23.3 Å². The molecule has 1 heterocycles. The second kappa shape index (κ2) is 10.1. The molecule has 2 N–H and O–H groups in total. The van der Waals surface area contributed by atoms with Crippen molar-refractivity contribution >= 4 is 20.2 Å². The molecule has 0 aromatic heterocycles. The number of hydrogen-bond donors (Lipinski definition) is 2. The summed E-state index contributed by atoms with van der Waals surface area (Å²) in [5.74, 6) is 7.17. The molecular weight excluding hydrogens is 340 g/mol. The van der Waals surface area contributed by atoms with E-state index in [9.17, 15) is 14.7 Å². The second-order valence-corrected chi connectivity index (χ2v) is 11.8. The number of carbonyl (C=O) groups is 2. The summed E-state index contributed by atoms with van der Waals surface area (Å²) in [5.41, 5.74) is 3.07. The number of rotatable bonds is 8. The van der Waals surface area contributed by atoms with Gasteiger partial charge in [-0.05, 0) is 31.1 Å². The third-order valence-corrected chi connectivity index (χ3v) is 4.38. The van der Waals surface area contributed by atoms with Gasteiger partial charge in [0.25, 0.3) is 0 Å². The first-order valence-corrected chi connectivity index (χ1v) is 12.0. The maximum atomic E-state index is 11.3. The molecule has 25 heavy (non-hydrogen) atoms. The van der Waals surface area contributed by atoms with Gasteiger partial charge in [-0.25, -0.2) is 4.79 Å². The molecule has 0 aromatic rings. The number of carboxylic acids is 1. The Morgan fingerprint density at radius 2 is 1.84 bits per heavy atom. The number of aliphatic carboxylic acids is 1. The minimum atomic E-state index is -1.51. The van der Waals surface area contributed by atoms with E-state index in [1.54, 1.807) is 0 Å². The molecule has 1 fully saturated rings. The third-order valence-electron chi connectivity index (χ3n) is 3.51. The molecule has 0 aromatic carbocycles. The summed E-state index contributed by atoms with van der Waals surface area (Å²) in [5, 5.41) is 18.7. The van der Waals surface area contributed by atoms with Gasteiger partial charge in [0.2, 0.25) is 0 Å². The number of aliphatic hydroxyl groups is 1. The van der Waals surface area contributed by atoms with Crippen molar-refractivity contribution in [2.75, 3.05) is 0 Å². The van der Waals surface area contributed by atoms with Crippen molar-refractivity contribution in [3.05, 3.63) is 0 Å². The van der Waals surface area contributed by atoms with E-state index >= 15 is 0 Å². The predicted molar refractivity (Wildman–Crippen MR) is 95.4 cm³/mol. The summed E-state index contributed by atoms with van der Waals surface area (Å²) in [4.78, 5) is 21.8. The van der Waals surface area contributed by atoms with E-state index in [2.05, 4.69) is 42.9 Å². The van der Waals surface area contributed by atoms with Crippen molar-refractivity contribution in [2.24, 2.45) is 0 Å². The van der Waals surface area contributed by atoms with Crippen LogP contribution in [-0.4, -0.2) is 48.7 Å². The van der Waals surface area contributed by atoms with E-state index in [-0.39, 0.29) is 6.42 Å². The molecule has 1 aliphatic heterocycles. The lowest BCUT2D eigenvalue weighted by atomic mass is 10.0. The molecule has 0 spiro atoms. The van der Waals surface area contributed by atoms with Crippen LogP contribution in [0.3, 0.4) is 0 Å². The van der Waals surface area contributed by atoms with Gasteiger partial charge in [-0.2, -0.15) is 0 Å². The highest BCUT2D eigenvalue weighted by Crippen LogP contribution is 2.23. The zero-order valence-electron chi connectivity index (χ0n) is 15.0. The highest BCUT2D eigenvalue weighted by atomic mass is 28.3. The van der Waals surface area contributed by atoms with Gasteiger partial charge in [0.05, 0.1) is 0 Å². The highest BCUT2D eigenvalue weighted by molar-refractivity contribution is 6.83. The smallest absolute Gasteiger partial charge is 0.481 e. The Hall–Kier alpha value is -1.96. The van der Waals surface area contributed by atoms with Crippen LogP contribution in [0.5, 0.6) is 0 Å². The molecule has 7 heteroatoms. The number of unbranched alkanes of at least 4 members (excludes halogenated alkanes) is 3. The molecule has 1 saturated heterocycles. The summed E-state index contributed by atoms with van der Waals surface area (Å²) in [7, 11) is -1.51. The molecule has 0 amide bonds. The zero-order valence-corrected chi connectivity index (χ0v) is 16.0. The monoisotopic (exact) mass is 366 g/mol. The lowest BCUT2D eigenvalue weighted by Gasteiger charge is -2.16. The summed E-state index contributed by atoms with van der Waals surface area (Å²) < 4.78 is 10.1. The topological polar surface area (TPSA) is 93.1 Å². The van der Waals surface area contributed by atoms with Gasteiger partial charge in [0, 0.05) is 6.42 Å². The van der Waals surface area contributed by atoms with Gasteiger partial charge in [0.15, 0.2) is 12.2 Å². The molecule has 0 radical (unpaired) electrons. The maximum absolute atomic E-state index is 11.3. The average molecular weight is 366 g/mol. The van der Waals surface area contributed by atoms with Crippen molar-refractivity contribution in [1.82, 2.24) is 0 Å². The molecule has 0 saturated carbocycles. The summed E-state index contributed by atoms with van der Waals surface area (Å²) in [6, 6.07) is 0. The Morgan fingerprint density at radius 3 is 2.48 bits per heavy atom. The van der Waals surface area contributed by atoms with Gasteiger partial charge in [-0.15, -0.1) is 5.54 Å². The zero-order chi connectivity index (χ0) is 18.9. The lowest BCUT2D eigenvalue weighted by molar-refractivity contribution is -0.137. The van der Waals surface area contributed by atoms with Gasteiger partial charge < -0.3 is 19.7 Å². The Balaban J connectivity index is 2.45. The fourth-order valence-electron chi connectivity index (χ4n) is 2.28. The third kappa shape index (κ3) is 9.18. The first-order chi connectivity index (χ1) is 11.7. The van der Waals surface area contributed by atoms with Crippen LogP contribution in [-0.2, 0) is 14.3 Å². The van der Waals surface area contributed by atoms with E-state index < -0.39 is 38.5 Å². The molecule has 138 valence electrons. The van der Waals surface area contributed by atoms with E-state index in [0.717, 1.165) is 19.3 Å². The Kier molecular flexibility index (Phi) is 8.54. The van der Waals surface area contributed by atoms with Crippen LogP contribution in [0.2, 0.25) is 19.6 Å². The van der Waals surface area contributed by atoms with Crippen LogP contribution in [0.25, 0.3) is 0 Å². The van der Waals surface area contributed by atoms with Crippen LogP contribution in [0.4, 0.5) is 4.79 Å². The number of carboxylic acid groups (broad SMARTS) is 1. The SMILES string of the molecule is C[Si](C)(C)C#CC#C[C@@H](O)[C@@H]1OC(=O)O[C@H]1CCCCCCC(=O)O. The quantitative estimate of drug-likeness (QED) is 0.297. The standard InChI is InChI=1S/C18H26O6Si/c1-25(2,3)13-9-8-10-14(19)17-15(23-18(22)24-17)11-6-4-5-7-12-16(20)21/h14-15,17,19H,4-7,11-12H2,1-3H3,(H,20,21)/t14-,15+,17+/m1/s1. The first-order valence-electron chi connectivity index (χ1n) is 8.49. The number of ether oxygens (including phenoxy) is 2. The van der Waals surface area contributed by atoms with Crippen molar-refractivity contribution < 1.29 is 29.3 Å². The maximum Gasteiger partial charge on any atom is 0.509 e. The molecular formula is C18H26O6Si. The summed E-state index contributed by atoms with van der Waals surface area (Å²) in [6.45, 7) is 6.28. The predicted octanol–water partition coefficient (Wildman–Crippen LogP) is 2.56. The van der Waals surface area contributed by atoms with Crippen LogP contribution in [0.15, 0.2) is 0 Å². The van der Waals surface area contributed by atoms with E-state index in [0.29, 0.717) is 12.8 Å².